The Kier molecular flexibility index (Phi) is 9.17. The Morgan fingerprint density at radius 1 is 1.11 bits per heavy atom. The highest BCUT2D eigenvalue weighted by atomic mass is 35.5. The van der Waals surface area contributed by atoms with Crippen LogP contribution in [0.15, 0.2) is 29.2 Å². The standard InChI is InChI=1S/C17H26N4O4S.ClH/c1-3-18-7-8-19-17(23)15-5-4-6-16(13-15)26(24,25)21-11-9-20(10-12-21)14(2)22;/h4-6,13,18H,3,7-12H2,1-2H3,(H,19,23);1H. The highest BCUT2D eigenvalue weighted by Crippen LogP contribution is 2.19. The Labute approximate surface area is 166 Å². The van der Waals surface area contributed by atoms with Crippen molar-refractivity contribution in [2.75, 3.05) is 45.8 Å². The average molecular weight is 419 g/mol. The van der Waals surface area contributed by atoms with E-state index in [4.69, 9.17) is 0 Å². The quantitative estimate of drug-likeness (QED) is 0.620. The van der Waals surface area contributed by atoms with E-state index in [9.17, 15) is 18.0 Å². The Bertz CT molecular complexity index is 749. The molecule has 0 aliphatic carbocycles. The van der Waals surface area contributed by atoms with Gasteiger partial charge in [0.25, 0.3) is 5.91 Å². The van der Waals surface area contributed by atoms with E-state index in [0.29, 0.717) is 31.7 Å². The number of amides is 2. The molecule has 2 N–H and O–H groups in total. The van der Waals surface area contributed by atoms with Crippen molar-refractivity contribution < 1.29 is 18.0 Å². The molecule has 1 aliphatic heterocycles. The number of hydrogen-bond acceptors (Lipinski definition) is 5. The number of sulfonamides is 1. The van der Waals surface area contributed by atoms with Gasteiger partial charge in [-0.1, -0.05) is 13.0 Å². The molecule has 1 aromatic carbocycles. The minimum absolute atomic E-state index is 0. The number of likely N-dealkylation sites (N-methyl/N-ethyl adjacent to an activating group) is 1. The van der Waals surface area contributed by atoms with Gasteiger partial charge in [-0.15, -0.1) is 12.4 Å². The molecule has 1 aliphatic rings. The fourth-order valence-electron chi connectivity index (χ4n) is 2.73. The zero-order valence-corrected chi connectivity index (χ0v) is 17.2. The van der Waals surface area contributed by atoms with Gasteiger partial charge in [0.2, 0.25) is 15.9 Å². The summed E-state index contributed by atoms with van der Waals surface area (Å²) in [5, 5.41) is 5.86. The molecule has 0 saturated carbocycles. The minimum atomic E-state index is -3.69. The maximum atomic E-state index is 12.8. The van der Waals surface area contributed by atoms with Gasteiger partial charge in [-0.25, -0.2) is 8.42 Å². The number of benzene rings is 1. The molecule has 0 radical (unpaired) electrons. The van der Waals surface area contributed by atoms with Crippen LogP contribution in [0.25, 0.3) is 0 Å². The molecule has 152 valence electrons. The number of carbonyl (C=O) groups is 2. The zero-order valence-electron chi connectivity index (χ0n) is 15.6. The van der Waals surface area contributed by atoms with Gasteiger partial charge >= 0.3 is 0 Å². The number of nitrogens with zero attached hydrogens (tertiary/aromatic N) is 2. The number of hydrogen-bond donors (Lipinski definition) is 2. The first-order valence-corrected chi connectivity index (χ1v) is 10.1. The molecule has 0 bridgehead atoms. The van der Waals surface area contributed by atoms with E-state index in [1.807, 2.05) is 6.92 Å². The molecule has 0 atom stereocenters. The number of piperazine rings is 1. The summed E-state index contributed by atoms with van der Waals surface area (Å²) in [6.45, 7) is 6.65. The maximum absolute atomic E-state index is 12.8. The van der Waals surface area contributed by atoms with Crippen LogP contribution in [0.4, 0.5) is 0 Å². The molecule has 1 heterocycles. The number of nitrogens with one attached hydrogen (secondary N) is 2. The van der Waals surface area contributed by atoms with Crippen LogP contribution in [0.5, 0.6) is 0 Å². The van der Waals surface area contributed by atoms with Gasteiger partial charge in [0, 0.05) is 51.8 Å². The predicted octanol–water partition coefficient (Wildman–Crippen LogP) is 0.301. The highest BCUT2D eigenvalue weighted by molar-refractivity contribution is 7.89. The van der Waals surface area contributed by atoms with Crippen molar-refractivity contribution in [1.82, 2.24) is 19.8 Å². The summed E-state index contributed by atoms with van der Waals surface area (Å²) in [6.07, 6.45) is 0. The lowest BCUT2D eigenvalue weighted by Crippen LogP contribution is -2.49. The largest absolute Gasteiger partial charge is 0.351 e. The molecule has 0 spiro atoms. The van der Waals surface area contributed by atoms with Crippen LogP contribution in [-0.4, -0.2) is 75.3 Å². The summed E-state index contributed by atoms with van der Waals surface area (Å²) >= 11 is 0. The first-order valence-electron chi connectivity index (χ1n) is 8.71. The topological polar surface area (TPSA) is 98.8 Å². The van der Waals surface area contributed by atoms with Crippen LogP contribution in [0.3, 0.4) is 0 Å². The van der Waals surface area contributed by atoms with E-state index in [-0.39, 0.29) is 42.2 Å². The van der Waals surface area contributed by atoms with E-state index in [1.165, 1.54) is 23.4 Å². The second-order valence-corrected chi connectivity index (χ2v) is 7.99. The van der Waals surface area contributed by atoms with Crippen LogP contribution >= 0.6 is 12.4 Å². The van der Waals surface area contributed by atoms with Crippen molar-refractivity contribution in [1.29, 1.82) is 0 Å². The van der Waals surface area contributed by atoms with Crippen LogP contribution in [0.1, 0.15) is 24.2 Å². The molecule has 0 unspecified atom stereocenters. The molecule has 1 saturated heterocycles. The van der Waals surface area contributed by atoms with Crippen molar-refractivity contribution in [2.24, 2.45) is 0 Å². The van der Waals surface area contributed by atoms with Gasteiger partial charge < -0.3 is 15.5 Å². The van der Waals surface area contributed by atoms with Crippen LogP contribution < -0.4 is 10.6 Å². The third kappa shape index (κ3) is 6.17. The Balaban J connectivity index is 0.00000364. The second-order valence-electron chi connectivity index (χ2n) is 6.05. The SMILES string of the molecule is CCNCCNC(=O)c1cccc(S(=O)(=O)N2CCN(C(C)=O)CC2)c1.Cl. The van der Waals surface area contributed by atoms with Gasteiger partial charge in [0.15, 0.2) is 0 Å². The monoisotopic (exact) mass is 418 g/mol. The molecule has 27 heavy (non-hydrogen) atoms. The van der Waals surface area contributed by atoms with Crippen molar-refractivity contribution in [2.45, 2.75) is 18.7 Å². The van der Waals surface area contributed by atoms with Crippen molar-refractivity contribution in [3.63, 3.8) is 0 Å². The lowest BCUT2D eigenvalue weighted by atomic mass is 10.2. The first kappa shape index (κ1) is 23.4. The number of rotatable bonds is 7. The molecule has 2 rings (SSSR count). The summed E-state index contributed by atoms with van der Waals surface area (Å²) in [4.78, 5) is 25.3. The fourth-order valence-corrected chi connectivity index (χ4v) is 4.20. The van der Waals surface area contributed by atoms with Crippen LogP contribution in [0.2, 0.25) is 0 Å². The minimum Gasteiger partial charge on any atom is -0.351 e. The highest BCUT2D eigenvalue weighted by Gasteiger charge is 2.29. The van der Waals surface area contributed by atoms with Crippen molar-refractivity contribution >= 4 is 34.2 Å². The van der Waals surface area contributed by atoms with E-state index in [0.717, 1.165) is 6.54 Å². The van der Waals surface area contributed by atoms with Crippen LogP contribution in [0, 0.1) is 0 Å². The summed E-state index contributed by atoms with van der Waals surface area (Å²) in [6, 6.07) is 6.05. The molecule has 2 amide bonds. The summed E-state index contributed by atoms with van der Waals surface area (Å²) < 4.78 is 27.0. The predicted molar refractivity (Wildman–Crippen MR) is 106 cm³/mol. The Morgan fingerprint density at radius 2 is 1.78 bits per heavy atom. The third-order valence-electron chi connectivity index (χ3n) is 4.26. The fraction of sp³-hybridized carbons (Fsp3) is 0.529. The molecule has 1 aromatic rings. The van der Waals surface area contributed by atoms with Gasteiger partial charge in [-0.3, -0.25) is 9.59 Å². The van der Waals surface area contributed by atoms with E-state index in [1.54, 1.807) is 17.0 Å². The van der Waals surface area contributed by atoms with Crippen molar-refractivity contribution in [3.8, 4) is 0 Å². The smallest absolute Gasteiger partial charge is 0.251 e. The van der Waals surface area contributed by atoms with Gasteiger partial charge in [0.1, 0.15) is 0 Å². The number of halogens is 1. The molecule has 10 heteroatoms. The normalized spacial score (nSPS) is 15.1. The third-order valence-corrected chi connectivity index (χ3v) is 6.15. The lowest BCUT2D eigenvalue weighted by molar-refractivity contribution is -0.129. The van der Waals surface area contributed by atoms with E-state index < -0.39 is 10.0 Å². The summed E-state index contributed by atoms with van der Waals surface area (Å²) in [5.41, 5.74) is 0.310. The molecular weight excluding hydrogens is 392 g/mol. The van der Waals surface area contributed by atoms with Gasteiger partial charge in [-0.05, 0) is 24.7 Å². The second kappa shape index (κ2) is 10.6. The summed E-state index contributed by atoms with van der Waals surface area (Å²) in [5.74, 6) is -0.361. The molecule has 0 aromatic heterocycles. The van der Waals surface area contributed by atoms with E-state index >= 15 is 0 Å². The number of carbonyl (C=O) groups excluding carboxylic acids is 2. The Morgan fingerprint density at radius 3 is 2.37 bits per heavy atom. The van der Waals surface area contributed by atoms with Crippen LogP contribution in [-0.2, 0) is 14.8 Å². The molecule has 1 fully saturated rings. The van der Waals surface area contributed by atoms with Gasteiger partial charge in [-0.2, -0.15) is 4.31 Å². The average Bonchev–Trinajstić information content (AvgIpc) is 2.65. The van der Waals surface area contributed by atoms with Gasteiger partial charge in [0.05, 0.1) is 4.90 Å². The molecule has 8 nitrogen and oxygen atoms in total. The molecular formula is C17H27ClN4O4S. The van der Waals surface area contributed by atoms with E-state index in [2.05, 4.69) is 10.6 Å². The van der Waals surface area contributed by atoms with Crippen molar-refractivity contribution in [3.05, 3.63) is 29.8 Å². The Hall–Kier alpha value is -1.68. The summed E-state index contributed by atoms with van der Waals surface area (Å²) in [7, 11) is -3.69. The maximum Gasteiger partial charge on any atom is 0.251 e. The lowest BCUT2D eigenvalue weighted by Gasteiger charge is -2.33. The zero-order chi connectivity index (χ0) is 19.2. The first-order chi connectivity index (χ1) is 12.4.